The number of piperidine rings is 1. The molecule has 2 aliphatic heterocycles. The number of hydrogen-bond donors (Lipinski definition) is 1. The summed E-state index contributed by atoms with van der Waals surface area (Å²) in [6.45, 7) is 9.09. The molecule has 8 nitrogen and oxygen atoms in total. The molecule has 1 atom stereocenters. The van der Waals surface area contributed by atoms with Crippen molar-refractivity contribution < 1.29 is 29.0 Å². The van der Waals surface area contributed by atoms with Gasteiger partial charge < -0.3 is 24.4 Å². The predicted molar refractivity (Wildman–Crippen MR) is 109 cm³/mol. The molecule has 1 unspecified atom stereocenters. The van der Waals surface area contributed by atoms with Gasteiger partial charge >= 0.3 is 12.1 Å². The Kier molecular flexibility index (Phi) is 6.24. The average molecular weight is 418 g/mol. The van der Waals surface area contributed by atoms with E-state index in [1.54, 1.807) is 15.9 Å². The van der Waals surface area contributed by atoms with E-state index in [9.17, 15) is 19.5 Å². The first-order valence-corrected chi connectivity index (χ1v) is 10.3. The summed E-state index contributed by atoms with van der Waals surface area (Å²) >= 11 is 0. The highest BCUT2D eigenvalue weighted by Gasteiger charge is 2.35. The number of ether oxygens (including phenoxy) is 2. The van der Waals surface area contributed by atoms with E-state index in [4.69, 9.17) is 9.47 Å². The molecule has 1 fully saturated rings. The molecule has 1 aromatic carbocycles. The van der Waals surface area contributed by atoms with Gasteiger partial charge in [-0.3, -0.25) is 4.79 Å². The highest BCUT2D eigenvalue weighted by molar-refractivity contribution is 5.88. The van der Waals surface area contributed by atoms with Crippen molar-refractivity contribution in [3.05, 3.63) is 29.3 Å². The van der Waals surface area contributed by atoms with Crippen molar-refractivity contribution in [1.29, 1.82) is 0 Å². The zero-order valence-electron chi connectivity index (χ0n) is 18.0. The highest BCUT2D eigenvalue weighted by atomic mass is 16.6. The molecule has 2 aliphatic rings. The zero-order chi connectivity index (χ0) is 22.1. The second kappa shape index (κ2) is 8.53. The van der Waals surface area contributed by atoms with E-state index in [1.807, 2.05) is 27.7 Å². The molecule has 8 heteroatoms. The summed E-state index contributed by atoms with van der Waals surface area (Å²) < 4.78 is 11.2. The fraction of sp³-hybridized carbons (Fsp3) is 0.591. The van der Waals surface area contributed by atoms with Gasteiger partial charge in [0.15, 0.2) is 0 Å². The third-order valence-electron chi connectivity index (χ3n) is 5.45. The minimum absolute atomic E-state index is 0.0464. The lowest BCUT2D eigenvalue weighted by Gasteiger charge is -2.36. The number of rotatable bonds is 2. The largest absolute Gasteiger partial charge is 0.491 e. The Hall–Kier alpha value is -2.77. The molecule has 0 aromatic heterocycles. The third-order valence-corrected chi connectivity index (χ3v) is 5.45. The molecule has 0 radical (unpaired) electrons. The second-order valence-electron chi connectivity index (χ2n) is 9.00. The maximum absolute atomic E-state index is 13.2. The number of amides is 2. The number of benzene rings is 1. The summed E-state index contributed by atoms with van der Waals surface area (Å²) in [7, 11) is 0. The first kappa shape index (κ1) is 21.9. The Morgan fingerprint density at radius 1 is 1.17 bits per heavy atom. The minimum Gasteiger partial charge on any atom is -0.491 e. The molecule has 1 aromatic rings. The van der Waals surface area contributed by atoms with Crippen LogP contribution in [0.3, 0.4) is 0 Å². The molecule has 1 saturated heterocycles. The van der Waals surface area contributed by atoms with Gasteiger partial charge in [0.1, 0.15) is 18.0 Å². The predicted octanol–water partition coefficient (Wildman–Crippen LogP) is 3.14. The van der Waals surface area contributed by atoms with Gasteiger partial charge in [-0.1, -0.05) is 6.07 Å². The second-order valence-corrected chi connectivity index (χ2v) is 9.00. The van der Waals surface area contributed by atoms with Gasteiger partial charge in [-0.05, 0) is 52.7 Å². The topological polar surface area (TPSA) is 96.4 Å². The van der Waals surface area contributed by atoms with Crippen LogP contribution in [-0.2, 0) is 16.1 Å². The Balaban J connectivity index is 1.65. The van der Waals surface area contributed by atoms with Gasteiger partial charge in [0.2, 0.25) is 5.91 Å². The van der Waals surface area contributed by atoms with Crippen molar-refractivity contribution in [3.63, 3.8) is 0 Å². The fourth-order valence-corrected chi connectivity index (χ4v) is 3.76. The van der Waals surface area contributed by atoms with Crippen LogP contribution >= 0.6 is 0 Å². The van der Waals surface area contributed by atoms with Crippen LogP contribution in [0.4, 0.5) is 4.79 Å². The lowest BCUT2D eigenvalue weighted by Crippen LogP contribution is -2.48. The summed E-state index contributed by atoms with van der Waals surface area (Å²) in [5.41, 5.74) is 0.415. The van der Waals surface area contributed by atoms with Crippen molar-refractivity contribution in [2.75, 3.05) is 19.7 Å². The summed E-state index contributed by atoms with van der Waals surface area (Å²) in [4.78, 5) is 40.2. The van der Waals surface area contributed by atoms with Crippen molar-refractivity contribution >= 4 is 18.0 Å². The zero-order valence-corrected chi connectivity index (χ0v) is 18.0. The number of fused-ring (bicyclic) bond motifs is 1. The van der Waals surface area contributed by atoms with E-state index in [1.165, 1.54) is 12.1 Å². The number of carboxylic acids is 1. The monoisotopic (exact) mass is 418 g/mol. The van der Waals surface area contributed by atoms with Crippen LogP contribution < -0.4 is 4.74 Å². The first-order chi connectivity index (χ1) is 14.0. The number of nitrogens with zero attached hydrogens (tertiary/aromatic N) is 2. The molecule has 0 aliphatic carbocycles. The van der Waals surface area contributed by atoms with Crippen LogP contribution in [0.15, 0.2) is 18.2 Å². The summed E-state index contributed by atoms with van der Waals surface area (Å²) in [5, 5.41) is 9.18. The van der Waals surface area contributed by atoms with E-state index in [2.05, 4.69) is 0 Å². The lowest BCUT2D eigenvalue weighted by molar-refractivity contribution is -0.140. The Morgan fingerprint density at radius 2 is 1.83 bits per heavy atom. The first-order valence-electron chi connectivity index (χ1n) is 10.3. The molecular formula is C22H30N2O6. The standard InChI is InChI=1S/C22H30N2O6/c1-14-13-29-18-11-16(20(26)27)5-6-17(18)12-24(14)19(25)15-7-9-23(10-8-15)21(28)30-22(2,3)4/h5-6,11,14-15H,7-10,12-13H2,1-4H3,(H,26,27). The number of aromatic carboxylic acids is 1. The molecule has 1 N–H and O–H groups in total. The van der Waals surface area contributed by atoms with Gasteiger partial charge in [-0.2, -0.15) is 0 Å². The number of hydrogen-bond acceptors (Lipinski definition) is 5. The van der Waals surface area contributed by atoms with Crippen LogP contribution in [-0.4, -0.2) is 64.2 Å². The number of carbonyl (C=O) groups is 3. The van der Waals surface area contributed by atoms with Crippen LogP contribution in [0.25, 0.3) is 0 Å². The van der Waals surface area contributed by atoms with Crippen LogP contribution in [0.2, 0.25) is 0 Å². The van der Waals surface area contributed by atoms with Gasteiger partial charge in [0.05, 0.1) is 11.6 Å². The molecule has 30 heavy (non-hydrogen) atoms. The fourth-order valence-electron chi connectivity index (χ4n) is 3.76. The quantitative estimate of drug-likeness (QED) is 0.793. The van der Waals surface area contributed by atoms with E-state index < -0.39 is 11.6 Å². The molecule has 164 valence electrons. The molecule has 3 rings (SSSR count). The van der Waals surface area contributed by atoms with E-state index in [0.29, 0.717) is 44.8 Å². The van der Waals surface area contributed by atoms with Gasteiger partial charge in [0, 0.05) is 31.1 Å². The molecule has 0 spiro atoms. The van der Waals surface area contributed by atoms with E-state index in [0.717, 1.165) is 5.56 Å². The summed E-state index contributed by atoms with van der Waals surface area (Å²) in [6, 6.07) is 4.62. The minimum atomic E-state index is -1.01. The van der Waals surface area contributed by atoms with Crippen LogP contribution in [0, 0.1) is 5.92 Å². The number of carbonyl (C=O) groups excluding carboxylic acids is 2. The Morgan fingerprint density at radius 3 is 2.43 bits per heavy atom. The van der Waals surface area contributed by atoms with Crippen molar-refractivity contribution in [1.82, 2.24) is 9.80 Å². The molecule has 2 amide bonds. The van der Waals surface area contributed by atoms with E-state index >= 15 is 0 Å². The van der Waals surface area contributed by atoms with Gasteiger partial charge in [0.25, 0.3) is 0 Å². The van der Waals surface area contributed by atoms with Crippen molar-refractivity contribution in [2.24, 2.45) is 5.92 Å². The molecule has 0 bridgehead atoms. The van der Waals surface area contributed by atoms with E-state index in [-0.39, 0.29) is 29.5 Å². The maximum atomic E-state index is 13.2. The average Bonchev–Trinajstić information content (AvgIpc) is 2.84. The smallest absolute Gasteiger partial charge is 0.410 e. The van der Waals surface area contributed by atoms with Crippen molar-refractivity contribution in [3.8, 4) is 5.75 Å². The SMILES string of the molecule is CC1COc2cc(C(=O)O)ccc2CN1C(=O)C1CCN(C(=O)OC(C)(C)C)CC1. The van der Waals surface area contributed by atoms with Gasteiger partial charge in [-0.15, -0.1) is 0 Å². The number of likely N-dealkylation sites (tertiary alicyclic amines) is 1. The highest BCUT2D eigenvalue weighted by Crippen LogP contribution is 2.29. The molecule has 2 heterocycles. The summed E-state index contributed by atoms with van der Waals surface area (Å²) in [5.74, 6) is -0.615. The van der Waals surface area contributed by atoms with Gasteiger partial charge in [-0.25, -0.2) is 9.59 Å². The lowest BCUT2D eigenvalue weighted by atomic mass is 9.94. The molecular weight excluding hydrogens is 388 g/mol. The normalized spacial score (nSPS) is 20.1. The third kappa shape index (κ3) is 5.04. The Labute approximate surface area is 176 Å². The molecule has 0 saturated carbocycles. The Bertz CT molecular complexity index is 823. The van der Waals surface area contributed by atoms with Crippen molar-refractivity contribution in [2.45, 2.75) is 58.7 Å². The maximum Gasteiger partial charge on any atom is 0.410 e. The van der Waals surface area contributed by atoms with Crippen LogP contribution in [0.1, 0.15) is 56.5 Å². The number of carboxylic acid groups (broad SMARTS) is 1. The summed E-state index contributed by atoms with van der Waals surface area (Å²) in [6.07, 6.45) is 0.841. The van der Waals surface area contributed by atoms with Crippen LogP contribution in [0.5, 0.6) is 5.75 Å².